The topological polar surface area (TPSA) is 26.3 Å². The zero-order chi connectivity index (χ0) is 15.2. The lowest BCUT2D eigenvalue weighted by atomic mass is 9.91. The summed E-state index contributed by atoms with van der Waals surface area (Å²) in [5.74, 6) is -0.469. The smallest absolute Gasteiger partial charge is 0.305 e. The molecule has 2 nitrogen and oxygen atoms in total. The molecular formula is C14H16Cl4O2. The van der Waals surface area contributed by atoms with Crippen molar-refractivity contribution in [2.45, 2.75) is 28.4 Å². The van der Waals surface area contributed by atoms with E-state index in [1.807, 2.05) is 30.3 Å². The molecule has 2 atom stereocenters. The van der Waals surface area contributed by atoms with Gasteiger partial charge in [-0.3, -0.25) is 4.79 Å². The Labute approximate surface area is 139 Å². The quantitative estimate of drug-likeness (QED) is 0.541. The number of alkyl halides is 4. The molecule has 0 saturated carbocycles. The van der Waals surface area contributed by atoms with E-state index in [0.29, 0.717) is 6.42 Å². The Kier molecular flexibility index (Phi) is 7.46. The summed E-state index contributed by atoms with van der Waals surface area (Å²) in [7, 11) is 1.35. The molecule has 0 fully saturated rings. The van der Waals surface area contributed by atoms with E-state index in [1.54, 1.807) is 0 Å². The van der Waals surface area contributed by atoms with Gasteiger partial charge in [0.25, 0.3) is 0 Å². The predicted octanol–water partition coefficient (Wildman–Crippen LogP) is 4.78. The molecule has 2 unspecified atom stereocenters. The molecule has 0 spiro atoms. The van der Waals surface area contributed by atoms with Crippen molar-refractivity contribution in [3.05, 3.63) is 35.9 Å². The monoisotopic (exact) mass is 356 g/mol. The number of carbonyl (C=O) groups is 1. The van der Waals surface area contributed by atoms with Crippen molar-refractivity contribution in [2.24, 2.45) is 5.92 Å². The van der Waals surface area contributed by atoms with Gasteiger partial charge in [-0.1, -0.05) is 65.1 Å². The minimum atomic E-state index is -1.43. The highest BCUT2D eigenvalue weighted by Gasteiger charge is 2.31. The van der Waals surface area contributed by atoms with E-state index in [2.05, 4.69) is 0 Å². The lowest BCUT2D eigenvalue weighted by Crippen LogP contribution is -2.25. The average molecular weight is 358 g/mol. The van der Waals surface area contributed by atoms with Crippen LogP contribution >= 0.6 is 46.4 Å². The van der Waals surface area contributed by atoms with Crippen LogP contribution in [0.2, 0.25) is 0 Å². The maximum atomic E-state index is 11.5. The molecule has 0 saturated heterocycles. The molecule has 1 rings (SSSR count). The summed E-state index contributed by atoms with van der Waals surface area (Å²) < 4.78 is 3.27. The van der Waals surface area contributed by atoms with Crippen molar-refractivity contribution in [1.82, 2.24) is 0 Å². The second kappa shape index (κ2) is 8.33. The van der Waals surface area contributed by atoms with E-state index >= 15 is 0 Å². The Balaban J connectivity index is 2.76. The molecule has 1 aromatic carbocycles. The molecular weight excluding hydrogens is 342 g/mol. The number of hydrogen-bond acceptors (Lipinski definition) is 2. The molecule has 0 radical (unpaired) electrons. The maximum absolute atomic E-state index is 11.5. The van der Waals surface area contributed by atoms with Gasteiger partial charge in [-0.05, 0) is 17.9 Å². The van der Waals surface area contributed by atoms with Crippen LogP contribution in [0.5, 0.6) is 0 Å². The van der Waals surface area contributed by atoms with Crippen LogP contribution in [-0.4, -0.2) is 22.2 Å². The molecule has 0 heterocycles. The van der Waals surface area contributed by atoms with Crippen molar-refractivity contribution in [3.63, 3.8) is 0 Å². The van der Waals surface area contributed by atoms with Gasteiger partial charge in [0, 0.05) is 11.8 Å². The summed E-state index contributed by atoms with van der Waals surface area (Å²) in [5.41, 5.74) is 1.08. The second-order valence-corrected chi connectivity index (χ2v) is 7.64. The molecule has 1 aromatic rings. The van der Waals surface area contributed by atoms with E-state index in [0.717, 1.165) is 5.56 Å². The molecule has 0 N–H and O–H groups in total. The molecule has 0 aromatic heterocycles. The predicted molar refractivity (Wildman–Crippen MR) is 84.8 cm³/mol. The number of halogens is 4. The van der Waals surface area contributed by atoms with Crippen molar-refractivity contribution >= 4 is 52.4 Å². The SMILES string of the molecule is COC(=O)CC(Cc1ccccc1)C(Cl)CC(Cl)(Cl)Cl. The third-order valence-electron chi connectivity index (χ3n) is 2.94. The molecule has 0 aliphatic rings. The van der Waals surface area contributed by atoms with Crippen LogP contribution < -0.4 is 0 Å². The summed E-state index contributed by atoms with van der Waals surface area (Å²) in [6.45, 7) is 0. The summed E-state index contributed by atoms with van der Waals surface area (Å²) in [5, 5.41) is -0.429. The number of ether oxygens (including phenoxy) is 1. The fraction of sp³-hybridized carbons (Fsp3) is 0.500. The Morgan fingerprint density at radius 1 is 1.25 bits per heavy atom. The van der Waals surface area contributed by atoms with E-state index in [9.17, 15) is 4.79 Å². The zero-order valence-electron chi connectivity index (χ0n) is 11.0. The number of hydrogen-bond donors (Lipinski definition) is 0. The van der Waals surface area contributed by atoms with Gasteiger partial charge in [0.1, 0.15) is 0 Å². The summed E-state index contributed by atoms with van der Waals surface area (Å²) in [4.78, 5) is 11.5. The van der Waals surface area contributed by atoms with Gasteiger partial charge in [0.2, 0.25) is 0 Å². The molecule has 0 aliphatic carbocycles. The fourth-order valence-corrected chi connectivity index (χ4v) is 3.08. The van der Waals surface area contributed by atoms with E-state index in [1.165, 1.54) is 7.11 Å². The Morgan fingerprint density at radius 2 is 1.85 bits per heavy atom. The highest BCUT2D eigenvalue weighted by atomic mass is 35.6. The molecule has 6 heteroatoms. The summed E-state index contributed by atoms with van der Waals surface area (Å²) in [6, 6.07) is 9.75. The van der Waals surface area contributed by atoms with E-state index in [4.69, 9.17) is 51.1 Å². The molecule has 0 amide bonds. The van der Waals surface area contributed by atoms with Crippen LogP contribution in [0, 0.1) is 5.92 Å². The Morgan fingerprint density at radius 3 is 2.35 bits per heavy atom. The van der Waals surface area contributed by atoms with Gasteiger partial charge in [-0.2, -0.15) is 0 Å². The molecule has 20 heavy (non-hydrogen) atoms. The maximum Gasteiger partial charge on any atom is 0.305 e. The van der Waals surface area contributed by atoms with Gasteiger partial charge < -0.3 is 4.74 Å². The van der Waals surface area contributed by atoms with E-state index in [-0.39, 0.29) is 24.7 Å². The van der Waals surface area contributed by atoms with Crippen LogP contribution in [0.1, 0.15) is 18.4 Å². The third kappa shape index (κ3) is 7.03. The molecule has 112 valence electrons. The number of rotatable bonds is 6. The first-order valence-corrected chi connectivity index (χ1v) is 7.70. The highest BCUT2D eigenvalue weighted by molar-refractivity contribution is 6.67. The number of carbonyl (C=O) groups excluding carboxylic acids is 1. The van der Waals surface area contributed by atoms with Crippen molar-refractivity contribution in [2.75, 3.05) is 7.11 Å². The minimum absolute atomic E-state index is 0.151. The Bertz CT molecular complexity index is 417. The first kappa shape index (κ1) is 17.9. The zero-order valence-corrected chi connectivity index (χ0v) is 14.0. The van der Waals surface area contributed by atoms with Gasteiger partial charge in [-0.25, -0.2) is 0 Å². The van der Waals surface area contributed by atoms with Crippen molar-refractivity contribution in [1.29, 1.82) is 0 Å². The average Bonchev–Trinajstić information content (AvgIpc) is 2.37. The van der Waals surface area contributed by atoms with Crippen LogP contribution in [0.4, 0.5) is 0 Å². The minimum Gasteiger partial charge on any atom is -0.469 e. The van der Waals surface area contributed by atoms with Crippen LogP contribution in [0.3, 0.4) is 0 Å². The van der Waals surface area contributed by atoms with Gasteiger partial charge in [0.05, 0.1) is 13.5 Å². The summed E-state index contributed by atoms with van der Waals surface area (Å²) in [6.07, 6.45) is 0.999. The lowest BCUT2D eigenvalue weighted by molar-refractivity contribution is -0.141. The van der Waals surface area contributed by atoms with E-state index < -0.39 is 9.17 Å². The van der Waals surface area contributed by atoms with Gasteiger partial charge in [0.15, 0.2) is 3.79 Å². The first-order chi connectivity index (χ1) is 9.31. The molecule has 0 aliphatic heterocycles. The summed E-state index contributed by atoms with van der Waals surface area (Å²) >= 11 is 23.6. The fourth-order valence-electron chi connectivity index (χ4n) is 1.93. The van der Waals surface area contributed by atoms with Crippen molar-refractivity contribution < 1.29 is 9.53 Å². The Hall–Kier alpha value is -0.150. The number of esters is 1. The lowest BCUT2D eigenvalue weighted by Gasteiger charge is -2.24. The first-order valence-electron chi connectivity index (χ1n) is 6.13. The normalized spacial score (nSPS) is 14.7. The molecule has 0 bridgehead atoms. The van der Waals surface area contributed by atoms with Crippen LogP contribution in [0.15, 0.2) is 30.3 Å². The second-order valence-electron chi connectivity index (χ2n) is 4.57. The number of benzene rings is 1. The van der Waals surface area contributed by atoms with Crippen molar-refractivity contribution in [3.8, 4) is 0 Å². The van der Waals surface area contributed by atoms with Gasteiger partial charge in [-0.15, -0.1) is 11.6 Å². The van der Waals surface area contributed by atoms with Crippen LogP contribution in [-0.2, 0) is 16.0 Å². The standard InChI is InChI=1S/C14H16Cl4O2/c1-20-13(19)8-11(12(15)9-14(16,17)18)7-10-5-3-2-4-6-10/h2-6,11-12H,7-9H2,1H3. The van der Waals surface area contributed by atoms with Gasteiger partial charge >= 0.3 is 5.97 Å². The largest absolute Gasteiger partial charge is 0.469 e. The highest BCUT2D eigenvalue weighted by Crippen LogP contribution is 2.36. The number of methoxy groups -OCH3 is 1. The third-order valence-corrected chi connectivity index (χ3v) is 3.91. The van der Waals surface area contributed by atoms with Crippen LogP contribution in [0.25, 0.3) is 0 Å².